The van der Waals surface area contributed by atoms with Crippen molar-refractivity contribution in [1.29, 1.82) is 0 Å². The van der Waals surface area contributed by atoms with Gasteiger partial charge in [0.25, 0.3) is 0 Å². The fraction of sp³-hybridized carbons (Fsp3) is 0.697. The molecule has 0 aliphatic heterocycles. The molecule has 0 aromatic heterocycles. The van der Waals surface area contributed by atoms with Crippen molar-refractivity contribution in [3.8, 4) is 47.9 Å². The fourth-order valence-electron chi connectivity index (χ4n) is 3.88. The van der Waals surface area contributed by atoms with Crippen LogP contribution in [0.2, 0.25) is 0 Å². The van der Waals surface area contributed by atoms with Crippen LogP contribution >= 0.6 is 0 Å². The first kappa shape index (κ1) is 33.9. The molecule has 0 amide bonds. The molecular formula is C33H50O3. The van der Waals surface area contributed by atoms with Crippen molar-refractivity contribution in [2.75, 3.05) is 6.61 Å². The Morgan fingerprint density at radius 3 is 1.64 bits per heavy atom. The molecule has 0 aliphatic carbocycles. The van der Waals surface area contributed by atoms with E-state index in [1.54, 1.807) is 6.08 Å². The van der Waals surface area contributed by atoms with Gasteiger partial charge in [-0.25, -0.2) is 0 Å². The summed E-state index contributed by atoms with van der Waals surface area (Å²) in [6.45, 7) is -0.191. The Morgan fingerprint density at radius 2 is 1.11 bits per heavy atom. The first-order valence-electron chi connectivity index (χ1n) is 14.2. The van der Waals surface area contributed by atoms with Crippen LogP contribution in [0.5, 0.6) is 0 Å². The van der Waals surface area contributed by atoms with Gasteiger partial charge in [0.1, 0.15) is 18.8 Å². The van der Waals surface area contributed by atoms with Crippen molar-refractivity contribution < 1.29 is 15.3 Å². The third-order valence-corrected chi connectivity index (χ3v) is 6.03. The molecular weight excluding hydrogens is 444 g/mol. The molecule has 2 unspecified atom stereocenters. The van der Waals surface area contributed by atoms with E-state index in [2.05, 4.69) is 41.4 Å². The standard InChI is InChI=1S/C33H50O3/c1-2-32(35)28-24-21-19-17-15-13-11-9-7-5-3-4-6-8-10-12-14-16-18-20-22-25-29-33(36)30-26-23-27-31-34/h1,24,28,32-36H,3,5,7-22,25,29,31H2/b28-24+. The molecule has 0 aromatic rings. The third-order valence-electron chi connectivity index (χ3n) is 6.03. The predicted molar refractivity (Wildman–Crippen MR) is 153 cm³/mol. The van der Waals surface area contributed by atoms with E-state index in [-0.39, 0.29) is 6.61 Å². The highest BCUT2D eigenvalue weighted by Crippen LogP contribution is 2.12. The molecule has 0 spiro atoms. The van der Waals surface area contributed by atoms with E-state index in [1.807, 2.05) is 6.08 Å². The minimum Gasteiger partial charge on any atom is -0.384 e. The van der Waals surface area contributed by atoms with Crippen LogP contribution in [-0.2, 0) is 0 Å². The number of aliphatic hydroxyl groups excluding tert-OH is 3. The summed E-state index contributed by atoms with van der Waals surface area (Å²) in [6, 6.07) is 0. The molecule has 200 valence electrons. The van der Waals surface area contributed by atoms with Crippen molar-refractivity contribution in [3.63, 3.8) is 0 Å². The van der Waals surface area contributed by atoms with Crippen LogP contribution in [0.15, 0.2) is 12.2 Å². The lowest BCUT2D eigenvalue weighted by Crippen LogP contribution is -2.01. The van der Waals surface area contributed by atoms with Gasteiger partial charge in [0.05, 0.1) is 0 Å². The number of hydrogen-bond donors (Lipinski definition) is 3. The molecule has 3 N–H and O–H groups in total. The van der Waals surface area contributed by atoms with Gasteiger partial charge >= 0.3 is 0 Å². The Labute approximate surface area is 222 Å². The van der Waals surface area contributed by atoms with Crippen LogP contribution < -0.4 is 0 Å². The summed E-state index contributed by atoms with van der Waals surface area (Å²) in [6.07, 6.45) is 31.2. The SMILES string of the molecule is C#CC(O)/C=C/CCCCCCCCCCC#CCCCCCCCCCCC(O)C#CC#CCO. The Balaban J connectivity index is 3.29. The molecule has 0 aromatic carbocycles. The van der Waals surface area contributed by atoms with Crippen molar-refractivity contribution >= 4 is 0 Å². The van der Waals surface area contributed by atoms with Gasteiger partial charge in [-0.1, -0.05) is 101 Å². The van der Waals surface area contributed by atoms with Gasteiger partial charge in [0, 0.05) is 12.8 Å². The Bertz CT molecular complexity index is 742. The maximum atomic E-state index is 9.71. The van der Waals surface area contributed by atoms with Gasteiger partial charge in [-0.15, -0.1) is 18.3 Å². The number of hydrogen-bond acceptors (Lipinski definition) is 3. The maximum absolute atomic E-state index is 9.71. The zero-order valence-corrected chi connectivity index (χ0v) is 22.6. The highest BCUT2D eigenvalue weighted by atomic mass is 16.3. The summed E-state index contributed by atoms with van der Waals surface area (Å²) < 4.78 is 0. The van der Waals surface area contributed by atoms with Gasteiger partial charge in [0.15, 0.2) is 0 Å². The summed E-state index contributed by atoms with van der Waals surface area (Å²) in [7, 11) is 0. The van der Waals surface area contributed by atoms with Crippen LogP contribution in [0, 0.1) is 47.9 Å². The highest BCUT2D eigenvalue weighted by molar-refractivity contribution is 5.27. The Morgan fingerprint density at radius 1 is 0.611 bits per heavy atom. The van der Waals surface area contributed by atoms with E-state index in [1.165, 1.54) is 89.9 Å². The van der Waals surface area contributed by atoms with Crippen LogP contribution in [0.4, 0.5) is 0 Å². The van der Waals surface area contributed by atoms with E-state index >= 15 is 0 Å². The minimum atomic E-state index is -0.729. The molecule has 0 aliphatic rings. The van der Waals surface area contributed by atoms with Crippen LogP contribution in [0.1, 0.15) is 128 Å². The lowest BCUT2D eigenvalue weighted by atomic mass is 10.0. The second-order valence-electron chi connectivity index (χ2n) is 9.37. The topological polar surface area (TPSA) is 60.7 Å². The van der Waals surface area contributed by atoms with E-state index in [9.17, 15) is 10.2 Å². The summed E-state index contributed by atoms with van der Waals surface area (Å²) in [4.78, 5) is 0. The summed E-state index contributed by atoms with van der Waals surface area (Å²) in [5.74, 6) is 19.2. The first-order valence-corrected chi connectivity index (χ1v) is 14.2. The lowest BCUT2D eigenvalue weighted by molar-refractivity contribution is 0.217. The maximum Gasteiger partial charge on any atom is 0.133 e. The minimum absolute atomic E-state index is 0.191. The summed E-state index contributed by atoms with van der Waals surface area (Å²) >= 11 is 0. The van der Waals surface area contributed by atoms with E-state index in [0.29, 0.717) is 6.42 Å². The largest absolute Gasteiger partial charge is 0.384 e. The fourth-order valence-corrected chi connectivity index (χ4v) is 3.88. The summed E-state index contributed by atoms with van der Waals surface area (Å²) in [5, 5.41) is 27.5. The van der Waals surface area contributed by atoms with Crippen molar-refractivity contribution in [2.24, 2.45) is 0 Å². The lowest BCUT2D eigenvalue weighted by Gasteiger charge is -2.03. The number of aliphatic hydroxyl groups is 3. The first-order chi connectivity index (χ1) is 17.7. The molecule has 0 radical (unpaired) electrons. The Kier molecular flexibility index (Phi) is 27.4. The molecule has 3 heteroatoms. The summed E-state index contributed by atoms with van der Waals surface area (Å²) in [5.41, 5.74) is 0. The smallest absolute Gasteiger partial charge is 0.133 e. The number of allylic oxidation sites excluding steroid dienone is 1. The normalized spacial score (nSPS) is 11.9. The van der Waals surface area contributed by atoms with E-state index < -0.39 is 12.2 Å². The average molecular weight is 495 g/mol. The van der Waals surface area contributed by atoms with Crippen LogP contribution in [0.3, 0.4) is 0 Å². The van der Waals surface area contributed by atoms with Crippen LogP contribution in [0.25, 0.3) is 0 Å². The molecule has 3 nitrogen and oxygen atoms in total. The molecule has 0 saturated heterocycles. The number of unbranched alkanes of at least 4 members (excludes halogenated alkanes) is 17. The van der Waals surface area contributed by atoms with Gasteiger partial charge in [-0.05, 0) is 56.4 Å². The molecule has 0 bridgehead atoms. The molecule has 0 fully saturated rings. The molecule has 2 atom stereocenters. The number of rotatable bonds is 21. The molecule has 36 heavy (non-hydrogen) atoms. The van der Waals surface area contributed by atoms with Gasteiger partial charge < -0.3 is 15.3 Å². The molecule has 0 heterocycles. The van der Waals surface area contributed by atoms with E-state index in [4.69, 9.17) is 11.5 Å². The average Bonchev–Trinajstić information content (AvgIpc) is 2.88. The quantitative estimate of drug-likeness (QED) is 0.0945. The van der Waals surface area contributed by atoms with E-state index in [0.717, 1.165) is 32.1 Å². The molecule has 0 saturated carbocycles. The van der Waals surface area contributed by atoms with Crippen molar-refractivity contribution in [1.82, 2.24) is 0 Å². The second kappa shape index (κ2) is 29.1. The van der Waals surface area contributed by atoms with Crippen molar-refractivity contribution in [3.05, 3.63) is 12.2 Å². The second-order valence-corrected chi connectivity index (χ2v) is 9.37. The van der Waals surface area contributed by atoms with Gasteiger partial charge in [-0.3, -0.25) is 0 Å². The number of terminal acetylenes is 1. The highest BCUT2D eigenvalue weighted by Gasteiger charge is 1.99. The molecule has 0 rings (SSSR count). The zero-order valence-electron chi connectivity index (χ0n) is 22.6. The van der Waals surface area contributed by atoms with Gasteiger partial charge in [-0.2, -0.15) is 0 Å². The van der Waals surface area contributed by atoms with Crippen molar-refractivity contribution in [2.45, 2.75) is 141 Å². The zero-order chi connectivity index (χ0) is 26.4. The monoisotopic (exact) mass is 494 g/mol. The van der Waals surface area contributed by atoms with Gasteiger partial charge in [0.2, 0.25) is 0 Å². The Hall–Kier alpha value is -2.14. The predicted octanol–water partition coefficient (Wildman–Crippen LogP) is 6.70. The third kappa shape index (κ3) is 28.1. The van der Waals surface area contributed by atoms with Crippen LogP contribution in [-0.4, -0.2) is 34.1 Å².